The van der Waals surface area contributed by atoms with Gasteiger partial charge in [-0.1, -0.05) is 81.1 Å². The van der Waals surface area contributed by atoms with E-state index in [1.54, 1.807) is 17.8 Å². The van der Waals surface area contributed by atoms with E-state index in [4.69, 9.17) is 0 Å². The van der Waals surface area contributed by atoms with Gasteiger partial charge in [0, 0.05) is 15.4 Å². The number of phenolic OH excluding ortho intramolecular Hbond substituents is 1. The van der Waals surface area contributed by atoms with Gasteiger partial charge in [0.15, 0.2) is 0 Å². The number of aromatic hydroxyl groups is 1. The summed E-state index contributed by atoms with van der Waals surface area (Å²) in [6.07, 6.45) is 0. The van der Waals surface area contributed by atoms with Gasteiger partial charge in [-0.25, -0.2) is 0 Å². The van der Waals surface area contributed by atoms with Crippen LogP contribution in [-0.2, 0) is 5.41 Å². The number of hydrogen-bond acceptors (Lipinski definition) is 2. The van der Waals surface area contributed by atoms with Crippen LogP contribution in [0.3, 0.4) is 0 Å². The molecule has 0 bridgehead atoms. The molecule has 0 atom stereocenters. The average Bonchev–Trinajstić information content (AvgIpc) is 2.55. The lowest BCUT2D eigenvalue weighted by Crippen LogP contribution is -2.10. The molecule has 0 saturated carbocycles. The largest absolute Gasteiger partial charge is 0.507 e. The highest BCUT2D eigenvalue weighted by molar-refractivity contribution is 7.99. The molecule has 2 heteroatoms. The highest BCUT2D eigenvalue weighted by Crippen LogP contribution is 2.41. The third-order valence-corrected chi connectivity index (χ3v) is 5.08. The smallest absolute Gasteiger partial charge is 0.124 e. The van der Waals surface area contributed by atoms with E-state index in [1.807, 2.05) is 24.3 Å². The van der Waals surface area contributed by atoms with Gasteiger partial charge in [-0.2, -0.15) is 0 Å². The Balaban J connectivity index is 2.01. The van der Waals surface area contributed by atoms with E-state index in [2.05, 4.69) is 63.2 Å². The van der Waals surface area contributed by atoms with E-state index in [0.29, 0.717) is 5.75 Å². The minimum absolute atomic E-state index is 0.124. The average molecular weight is 334 g/mol. The molecule has 24 heavy (non-hydrogen) atoms. The second-order valence-electron chi connectivity index (χ2n) is 6.89. The van der Waals surface area contributed by atoms with Crippen molar-refractivity contribution in [2.45, 2.75) is 36.0 Å². The van der Waals surface area contributed by atoms with E-state index >= 15 is 0 Å². The van der Waals surface area contributed by atoms with Crippen molar-refractivity contribution in [3.63, 3.8) is 0 Å². The lowest BCUT2D eigenvalue weighted by atomic mass is 9.86. The van der Waals surface area contributed by atoms with Gasteiger partial charge >= 0.3 is 0 Å². The monoisotopic (exact) mass is 334 g/mol. The van der Waals surface area contributed by atoms with Crippen molar-refractivity contribution in [1.29, 1.82) is 0 Å². The maximum absolute atomic E-state index is 10.4. The summed E-state index contributed by atoms with van der Waals surface area (Å²) in [5, 5.41) is 10.4. The highest BCUT2D eigenvalue weighted by atomic mass is 32.2. The lowest BCUT2D eigenvalue weighted by molar-refractivity contribution is 0.476. The summed E-state index contributed by atoms with van der Waals surface area (Å²) in [6.45, 7) is 6.62. The fourth-order valence-electron chi connectivity index (χ4n) is 2.65. The van der Waals surface area contributed by atoms with Crippen molar-refractivity contribution in [3.8, 4) is 16.9 Å². The molecule has 122 valence electrons. The van der Waals surface area contributed by atoms with Crippen molar-refractivity contribution >= 4 is 11.8 Å². The molecule has 3 rings (SSSR count). The predicted molar refractivity (Wildman–Crippen MR) is 103 cm³/mol. The Bertz CT molecular complexity index is 815. The van der Waals surface area contributed by atoms with Crippen LogP contribution in [0.15, 0.2) is 82.6 Å². The number of hydrogen-bond donors (Lipinski definition) is 1. The molecule has 0 amide bonds. The van der Waals surface area contributed by atoms with Crippen LogP contribution in [0.25, 0.3) is 11.1 Å². The number of benzene rings is 3. The predicted octanol–water partition coefficient (Wildman–Crippen LogP) is 6.51. The summed E-state index contributed by atoms with van der Waals surface area (Å²) < 4.78 is 0. The third kappa shape index (κ3) is 3.65. The maximum Gasteiger partial charge on any atom is 0.124 e. The Morgan fingerprint density at radius 3 is 2.04 bits per heavy atom. The van der Waals surface area contributed by atoms with Crippen LogP contribution >= 0.6 is 11.8 Å². The van der Waals surface area contributed by atoms with Gasteiger partial charge < -0.3 is 5.11 Å². The molecule has 1 N–H and O–H groups in total. The summed E-state index contributed by atoms with van der Waals surface area (Å²) in [7, 11) is 0. The van der Waals surface area contributed by atoms with E-state index in [-0.39, 0.29) is 5.41 Å². The first-order chi connectivity index (χ1) is 11.4. The molecule has 0 fully saturated rings. The molecular formula is C22H22OS. The molecule has 1 nitrogen and oxygen atoms in total. The Morgan fingerprint density at radius 1 is 0.750 bits per heavy atom. The van der Waals surface area contributed by atoms with E-state index < -0.39 is 0 Å². The Kier molecular flexibility index (Phi) is 4.68. The molecule has 0 aromatic heterocycles. The van der Waals surface area contributed by atoms with Crippen molar-refractivity contribution in [2.24, 2.45) is 0 Å². The van der Waals surface area contributed by atoms with Crippen molar-refractivity contribution < 1.29 is 5.11 Å². The van der Waals surface area contributed by atoms with Gasteiger partial charge in [0.1, 0.15) is 5.75 Å². The number of phenols is 1. The maximum atomic E-state index is 10.4. The fourth-order valence-corrected chi connectivity index (χ4v) is 3.67. The highest BCUT2D eigenvalue weighted by Gasteiger charge is 2.15. The molecule has 0 radical (unpaired) electrons. The second-order valence-corrected chi connectivity index (χ2v) is 8.01. The fraction of sp³-hybridized carbons (Fsp3) is 0.182. The Hall–Kier alpha value is -2.19. The van der Waals surface area contributed by atoms with Crippen LogP contribution in [0.4, 0.5) is 0 Å². The van der Waals surface area contributed by atoms with Gasteiger partial charge in [0.2, 0.25) is 0 Å². The second kappa shape index (κ2) is 6.74. The number of rotatable bonds is 3. The first-order valence-corrected chi connectivity index (χ1v) is 8.92. The van der Waals surface area contributed by atoms with Crippen molar-refractivity contribution in [2.75, 3.05) is 0 Å². The van der Waals surface area contributed by atoms with Crippen LogP contribution < -0.4 is 0 Å². The topological polar surface area (TPSA) is 20.2 Å². The Labute approximate surface area is 148 Å². The summed E-state index contributed by atoms with van der Waals surface area (Å²) >= 11 is 1.67. The van der Waals surface area contributed by atoms with Crippen LogP contribution in [0, 0.1) is 0 Å². The normalized spacial score (nSPS) is 11.5. The zero-order valence-corrected chi connectivity index (χ0v) is 15.1. The zero-order chi connectivity index (χ0) is 17.2. The van der Waals surface area contributed by atoms with Crippen molar-refractivity contribution in [1.82, 2.24) is 0 Å². The van der Waals surface area contributed by atoms with Crippen LogP contribution in [0.1, 0.15) is 26.3 Å². The first-order valence-electron chi connectivity index (χ1n) is 8.11. The molecule has 3 aromatic carbocycles. The first kappa shape index (κ1) is 16.7. The molecule has 0 aliphatic carbocycles. The van der Waals surface area contributed by atoms with Gasteiger partial charge in [-0.05, 0) is 40.8 Å². The van der Waals surface area contributed by atoms with Gasteiger partial charge in [-0.3, -0.25) is 0 Å². The van der Waals surface area contributed by atoms with Crippen LogP contribution in [0.2, 0.25) is 0 Å². The van der Waals surface area contributed by atoms with Crippen LogP contribution in [0.5, 0.6) is 5.75 Å². The van der Waals surface area contributed by atoms with Gasteiger partial charge in [-0.15, -0.1) is 0 Å². The quantitative estimate of drug-likeness (QED) is 0.589. The van der Waals surface area contributed by atoms with E-state index in [9.17, 15) is 5.11 Å². The minimum Gasteiger partial charge on any atom is -0.507 e. The molecule has 0 aliphatic rings. The van der Waals surface area contributed by atoms with Gasteiger partial charge in [0.05, 0.1) is 0 Å². The third-order valence-electron chi connectivity index (χ3n) is 4.01. The minimum atomic E-state index is 0.124. The molecule has 0 aliphatic heterocycles. The zero-order valence-electron chi connectivity index (χ0n) is 14.3. The Morgan fingerprint density at radius 2 is 1.42 bits per heavy atom. The van der Waals surface area contributed by atoms with E-state index in [1.165, 1.54) is 5.56 Å². The van der Waals surface area contributed by atoms with Gasteiger partial charge in [0.25, 0.3) is 0 Å². The summed E-state index contributed by atoms with van der Waals surface area (Å²) in [4.78, 5) is 2.22. The summed E-state index contributed by atoms with van der Waals surface area (Å²) in [5.41, 5.74) is 3.35. The van der Waals surface area contributed by atoms with Crippen LogP contribution in [-0.4, -0.2) is 5.11 Å². The molecule has 3 aromatic rings. The summed E-state index contributed by atoms with van der Waals surface area (Å²) in [5.74, 6) is 0.319. The summed E-state index contributed by atoms with van der Waals surface area (Å²) in [6, 6.07) is 24.5. The molecule has 0 heterocycles. The standard InChI is InChI=1S/C22H22OS/c1-22(2,3)17-14-12-16(13-15-17)21-19(23)10-7-11-20(21)24-18-8-5-4-6-9-18/h4-15,23H,1-3H3. The SMILES string of the molecule is CC(C)(C)c1ccc(-c2c(O)cccc2Sc2ccccc2)cc1. The molecular weight excluding hydrogens is 312 g/mol. The molecule has 0 spiro atoms. The van der Waals surface area contributed by atoms with Crippen molar-refractivity contribution in [3.05, 3.63) is 78.4 Å². The molecule has 0 unspecified atom stereocenters. The molecule has 0 saturated heterocycles. The lowest BCUT2D eigenvalue weighted by Gasteiger charge is -2.19. The van der Waals surface area contributed by atoms with E-state index in [0.717, 1.165) is 20.9 Å².